The highest BCUT2D eigenvalue weighted by Gasteiger charge is 2.28. The third-order valence-electron chi connectivity index (χ3n) is 2.46. The van der Waals surface area contributed by atoms with Crippen LogP contribution in [0.1, 0.15) is 36.4 Å². The fourth-order valence-electron chi connectivity index (χ4n) is 1.58. The molecule has 1 saturated carbocycles. The zero-order valence-corrected chi connectivity index (χ0v) is 8.10. The lowest BCUT2D eigenvalue weighted by Gasteiger charge is -2.30. The van der Waals surface area contributed by atoms with Gasteiger partial charge in [-0.1, -0.05) is 6.92 Å². The molecule has 1 aromatic rings. The van der Waals surface area contributed by atoms with Crippen LogP contribution in [0.15, 0.2) is 5.38 Å². The molecule has 0 spiro atoms. The van der Waals surface area contributed by atoms with Crippen molar-refractivity contribution < 1.29 is 0 Å². The molecule has 0 aromatic carbocycles. The van der Waals surface area contributed by atoms with Crippen LogP contribution in [-0.2, 0) is 6.42 Å². The molecule has 66 valence electrons. The molecule has 1 fully saturated rings. The Labute approximate surface area is 76.8 Å². The Morgan fingerprint density at radius 1 is 1.67 bits per heavy atom. The highest BCUT2D eigenvalue weighted by Crippen LogP contribution is 2.35. The number of nitrogens with two attached hydrogens (primary N) is 1. The van der Waals surface area contributed by atoms with Crippen LogP contribution in [0.25, 0.3) is 0 Å². The fourth-order valence-corrected chi connectivity index (χ4v) is 2.41. The summed E-state index contributed by atoms with van der Waals surface area (Å²) in [6.07, 6.45) is 3.32. The summed E-state index contributed by atoms with van der Waals surface area (Å²) >= 11 is 1.78. The lowest BCUT2D eigenvalue weighted by molar-refractivity contribution is 0.346. The molecule has 2 N–H and O–H groups in total. The maximum Gasteiger partial charge on any atom is 0.0925 e. The van der Waals surface area contributed by atoms with Crippen molar-refractivity contribution in [3.8, 4) is 0 Å². The van der Waals surface area contributed by atoms with Gasteiger partial charge in [-0.2, -0.15) is 0 Å². The summed E-state index contributed by atoms with van der Waals surface area (Å²) in [5.74, 6) is 0.663. The molecule has 1 aliphatic rings. The van der Waals surface area contributed by atoms with Gasteiger partial charge in [-0.25, -0.2) is 4.98 Å². The molecule has 1 aromatic heterocycles. The minimum Gasteiger partial charge on any atom is -0.328 e. The highest BCUT2D eigenvalue weighted by molar-refractivity contribution is 7.09. The topological polar surface area (TPSA) is 38.9 Å². The van der Waals surface area contributed by atoms with Crippen LogP contribution >= 0.6 is 11.3 Å². The molecule has 0 aliphatic heterocycles. The number of rotatable bonds is 2. The van der Waals surface area contributed by atoms with Crippen molar-refractivity contribution in [2.45, 2.75) is 38.1 Å². The van der Waals surface area contributed by atoms with Gasteiger partial charge in [0, 0.05) is 17.3 Å². The van der Waals surface area contributed by atoms with Crippen molar-refractivity contribution in [1.29, 1.82) is 0 Å². The summed E-state index contributed by atoms with van der Waals surface area (Å²) in [6, 6.07) is 0.432. The van der Waals surface area contributed by atoms with E-state index in [9.17, 15) is 0 Å². The molecule has 12 heavy (non-hydrogen) atoms. The van der Waals surface area contributed by atoms with E-state index in [1.807, 2.05) is 0 Å². The predicted octanol–water partition coefficient (Wildman–Crippen LogP) is 1.91. The summed E-state index contributed by atoms with van der Waals surface area (Å²) < 4.78 is 0. The molecule has 2 rings (SSSR count). The van der Waals surface area contributed by atoms with Crippen molar-refractivity contribution >= 4 is 11.3 Å². The van der Waals surface area contributed by atoms with Crippen LogP contribution in [0.4, 0.5) is 0 Å². The molecule has 0 saturated heterocycles. The Morgan fingerprint density at radius 3 is 2.92 bits per heavy atom. The first-order valence-corrected chi connectivity index (χ1v) is 5.37. The van der Waals surface area contributed by atoms with Gasteiger partial charge in [-0.3, -0.25) is 0 Å². The lowest BCUT2D eigenvalue weighted by Crippen LogP contribution is -2.34. The molecule has 0 atom stereocenters. The molecular weight excluding hydrogens is 168 g/mol. The van der Waals surface area contributed by atoms with Crippen LogP contribution in [-0.4, -0.2) is 11.0 Å². The highest BCUT2D eigenvalue weighted by atomic mass is 32.1. The van der Waals surface area contributed by atoms with E-state index >= 15 is 0 Å². The van der Waals surface area contributed by atoms with E-state index in [1.54, 1.807) is 11.3 Å². The number of hydrogen-bond donors (Lipinski definition) is 1. The van der Waals surface area contributed by atoms with Gasteiger partial charge in [0.15, 0.2) is 0 Å². The van der Waals surface area contributed by atoms with Gasteiger partial charge in [0.05, 0.1) is 10.7 Å². The van der Waals surface area contributed by atoms with E-state index < -0.39 is 0 Å². The van der Waals surface area contributed by atoms with Gasteiger partial charge >= 0.3 is 0 Å². The van der Waals surface area contributed by atoms with Gasteiger partial charge in [0.25, 0.3) is 0 Å². The molecule has 1 aliphatic carbocycles. The smallest absolute Gasteiger partial charge is 0.0925 e. The van der Waals surface area contributed by atoms with E-state index in [1.165, 1.54) is 10.7 Å². The molecule has 0 bridgehead atoms. The second-order valence-corrected chi connectivity index (χ2v) is 4.39. The first kappa shape index (κ1) is 8.20. The summed E-state index contributed by atoms with van der Waals surface area (Å²) in [4.78, 5) is 4.55. The van der Waals surface area contributed by atoms with Crippen LogP contribution in [0.5, 0.6) is 0 Å². The quantitative estimate of drug-likeness (QED) is 0.758. The van der Waals surface area contributed by atoms with Gasteiger partial charge in [0.2, 0.25) is 0 Å². The maximum atomic E-state index is 5.72. The normalized spacial score (nSPS) is 28.5. The van der Waals surface area contributed by atoms with Gasteiger partial charge in [-0.15, -0.1) is 11.3 Å². The Kier molecular flexibility index (Phi) is 2.15. The molecular formula is C9H14N2S. The third-order valence-corrected chi connectivity index (χ3v) is 3.48. The largest absolute Gasteiger partial charge is 0.328 e. The minimum atomic E-state index is 0.432. The molecule has 1 heterocycles. The second-order valence-electron chi connectivity index (χ2n) is 3.45. The predicted molar refractivity (Wildman–Crippen MR) is 51.4 cm³/mol. The van der Waals surface area contributed by atoms with Crippen molar-refractivity contribution in [3.63, 3.8) is 0 Å². The number of aromatic nitrogens is 1. The number of hydrogen-bond acceptors (Lipinski definition) is 3. The standard InChI is InChI=1S/C9H14N2S/c1-2-9-11-8(5-12-9)6-3-7(10)4-6/h5-7H,2-4,10H2,1H3. The van der Waals surface area contributed by atoms with Crippen molar-refractivity contribution in [1.82, 2.24) is 4.98 Å². The SMILES string of the molecule is CCc1nc(C2CC(N)C2)cs1. The van der Waals surface area contributed by atoms with E-state index in [2.05, 4.69) is 17.3 Å². The monoisotopic (exact) mass is 182 g/mol. The Balaban J connectivity index is 2.04. The van der Waals surface area contributed by atoms with Gasteiger partial charge in [0.1, 0.15) is 0 Å². The van der Waals surface area contributed by atoms with Crippen LogP contribution in [0, 0.1) is 0 Å². The van der Waals surface area contributed by atoms with Crippen molar-refractivity contribution in [2.24, 2.45) is 5.73 Å². The maximum absolute atomic E-state index is 5.72. The van der Waals surface area contributed by atoms with Gasteiger partial charge in [-0.05, 0) is 19.3 Å². The summed E-state index contributed by atoms with van der Waals surface area (Å²) in [5, 5.41) is 3.44. The van der Waals surface area contributed by atoms with E-state index in [0.717, 1.165) is 19.3 Å². The first-order chi connectivity index (χ1) is 5.79. The average molecular weight is 182 g/mol. The number of aryl methyl sites for hydroxylation is 1. The Morgan fingerprint density at radius 2 is 2.42 bits per heavy atom. The molecule has 0 amide bonds. The number of nitrogens with zero attached hydrogens (tertiary/aromatic N) is 1. The first-order valence-electron chi connectivity index (χ1n) is 4.49. The summed E-state index contributed by atoms with van der Waals surface area (Å²) in [7, 11) is 0. The summed E-state index contributed by atoms with van der Waals surface area (Å²) in [6.45, 7) is 2.15. The molecule has 2 nitrogen and oxygen atoms in total. The van der Waals surface area contributed by atoms with E-state index in [4.69, 9.17) is 5.73 Å². The Hall–Kier alpha value is -0.410. The van der Waals surface area contributed by atoms with Crippen LogP contribution in [0.2, 0.25) is 0 Å². The third kappa shape index (κ3) is 1.39. The lowest BCUT2D eigenvalue weighted by atomic mass is 9.79. The van der Waals surface area contributed by atoms with E-state index in [0.29, 0.717) is 12.0 Å². The van der Waals surface area contributed by atoms with Crippen LogP contribution < -0.4 is 5.73 Å². The molecule has 0 unspecified atom stereocenters. The zero-order valence-electron chi connectivity index (χ0n) is 7.29. The van der Waals surface area contributed by atoms with Crippen molar-refractivity contribution in [3.05, 3.63) is 16.1 Å². The number of thiazole rings is 1. The fraction of sp³-hybridized carbons (Fsp3) is 0.667. The zero-order chi connectivity index (χ0) is 8.55. The minimum absolute atomic E-state index is 0.432. The molecule has 3 heteroatoms. The van der Waals surface area contributed by atoms with E-state index in [-0.39, 0.29) is 0 Å². The second kappa shape index (κ2) is 3.15. The van der Waals surface area contributed by atoms with Crippen molar-refractivity contribution in [2.75, 3.05) is 0 Å². The van der Waals surface area contributed by atoms with Gasteiger partial charge < -0.3 is 5.73 Å². The Bertz CT molecular complexity index is 263. The summed E-state index contributed by atoms with van der Waals surface area (Å²) in [5.41, 5.74) is 7.00. The molecule has 0 radical (unpaired) electrons. The average Bonchev–Trinajstić information content (AvgIpc) is 2.46. The van der Waals surface area contributed by atoms with Crippen LogP contribution in [0.3, 0.4) is 0 Å².